The van der Waals surface area contributed by atoms with Crippen molar-refractivity contribution in [3.63, 3.8) is 0 Å². The Balaban J connectivity index is 2.15. The number of rotatable bonds is 2. The molecule has 64 valence electrons. The molecule has 0 bridgehead atoms. The van der Waals surface area contributed by atoms with E-state index in [0.29, 0.717) is 11.9 Å². The van der Waals surface area contributed by atoms with Crippen LogP contribution in [0.4, 0.5) is 5.82 Å². The quantitative estimate of drug-likeness (QED) is 0.720. The van der Waals surface area contributed by atoms with Gasteiger partial charge in [-0.1, -0.05) is 0 Å². The molecule has 12 heavy (non-hydrogen) atoms. The average molecular weight is 164 g/mol. The molecule has 3 heteroatoms. The molecule has 0 atom stereocenters. The first-order chi connectivity index (χ1) is 5.75. The van der Waals surface area contributed by atoms with Crippen molar-refractivity contribution in [2.45, 2.75) is 25.9 Å². The minimum atomic E-state index is 0.426. The Kier molecular flexibility index (Phi) is 1.64. The van der Waals surface area contributed by atoms with Crippen LogP contribution in [0.2, 0.25) is 0 Å². The first kappa shape index (κ1) is 7.40. The summed E-state index contributed by atoms with van der Waals surface area (Å²) >= 11 is 0. The summed E-state index contributed by atoms with van der Waals surface area (Å²) in [4.78, 5) is 4.01. The third kappa shape index (κ3) is 1.49. The monoisotopic (exact) mass is 164 g/mol. The van der Waals surface area contributed by atoms with Gasteiger partial charge in [-0.25, -0.2) is 4.98 Å². The number of aryl methyl sites for hydroxylation is 1. The van der Waals surface area contributed by atoms with Gasteiger partial charge in [-0.05, 0) is 31.4 Å². The number of nitrogen functional groups attached to an aromatic ring is 1. The Labute approximate surface area is 71.6 Å². The van der Waals surface area contributed by atoms with Gasteiger partial charge in [0.05, 0.1) is 12.3 Å². The maximum atomic E-state index is 5.57. The van der Waals surface area contributed by atoms with E-state index in [1.165, 1.54) is 12.8 Å². The van der Waals surface area contributed by atoms with Crippen LogP contribution in [0.3, 0.4) is 0 Å². The molecule has 1 aromatic heterocycles. The van der Waals surface area contributed by atoms with Crippen LogP contribution >= 0.6 is 0 Å². The van der Waals surface area contributed by atoms with E-state index in [0.717, 1.165) is 11.3 Å². The number of aromatic nitrogens is 1. The van der Waals surface area contributed by atoms with E-state index < -0.39 is 0 Å². The summed E-state index contributed by atoms with van der Waals surface area (Å²) in [6, 6.07) is 1.93. The highest BCUT2D eigenvalue weighted by molar-refractivity contribution is 5.41. The molecule has 0 unspecified atom stereocenters. The predicted molar refractivity (Wildman–Crippen MR) is 47.0 cm³/mol. The Morgan fingerprint density at radius 1 is 1.58 bits per heavy atom. The molecule has 2 rings (SSSR count). The van der Waals surface area contributed by atoms with Gasteiger partial charge in [-0.2, -0.15) is 0 Å². The SMILES string of the molecule is Cc1cc(OC2CC2)cnc1N. The summed E-state index contributed by atoms with van der Waals surface area (Å²) in [5, 5.41) is 0. The van der Waals surface area contributed by atoms with E-state index in [4.69, 9.17) is 10.5 Å². The molecule has 2 N–H and O–H groups in total. The average Bonchev–Trinajstić information content (AvgIpc) is 2.81. The second-order valence-corrected chi connectivity index (χ2v) is 3.19. The molecule has 1 aliphatic rings. The molecule has 1 heterocycles. The second-order valence-electron chi connectivity index (χ2n) is 3.19. The minimum Gasteiger partial charge on any atom is -0.489 e. The maximum Gasteiger partial charge on any atom is 0.138 e. The number of anilines is 1. The number of nitrogens with two attached hydrogens (primary N) is 1. The van der Waals surface area contributed by atoms with Crippen LogP contribution in [0.5, 0.6) is 5.75 Å². The number of ether oxygens (including phenoxy) is 1. The molecule has 0 spiro atoms. The minimum absolute atomic E-state index is 0.426. The highest BCUT2D eigenvalue weighted by Gasteiger charge is 2.23. The Morgan fingerprint density at radius 2 is 2.33 bits per heavy atom. The van der Waals surface area contributed by atoms with Crippen molar-refractivity contribution in [2.24, 2.45) is 0 Å². The summed E-state index contributed by atoms with van der Waals surface area (Å²) in [6.45, 7) is 1.93. The van der Waals surface area contributed by atoms with Gasteiger partial charge < -0.3 is 10.5 Å². The fourth-order valence-corrected chi connectivity index (χ4v) is 1.00. The zero-order valence-electron chi connectivity index (χ0n) is 7.08. The van der Waals surface area contributed by atoms with Crippen molar-refractivity contribution >= 4 is 5.82 Å². The molecule has 3 nitrogen and oxygen atoms in total. The van der Waals surface area contributed by atoms with Crippen LogP contribution in [0.15, 0.2) is 12.3 Å². The number of hydrogen-bond acceptors (Lipinski definition) is 3. The van der Waals surface area contributed by atoms with Gasteiger partial charge >= 0.3 is 0 Å². The molecule has 1 aromatic rings. The number of pyridine rings is 1. The predicted octanol–water partition coefficient (Wildman–Crippen LogP) is 1.51. The topological polar surface area (TPSA) is 48.1 Å². The van der Waals surface area contributed by atoms with Crippen molar-refractivity contribution in [3.8, 4) is 5.75 Å². The van der Waals surface area contributed by atoms with Crippen molar-refractivity contribution in [1.82, 2.24) is 4.98 Å². The molecule has 0 amide bonds. The van der Waals surface area contributed by atoms with Crippen LogP contribution in [0.25, 0.3) is 0 Å². The highest BCUT2D eigenvalue weighted by Crippen LogP contribution is 2.27. The Hall–Kier alpha value is -1.25. The fraction of sp³-hybridized carbons (Fsp3) is 0.444. The third-order valence-corrected chi connectivity index (χ3v) is 1.92. The molecule has 0 aromatic carbocycles. The first-order valence-corrected chi connectivity index (χ1v) is 4.14. The van der Waals surface area contributed by atoms with Gasteiger partial charge in [0.2, 0.25) is 0 Å². The van der Waals surface area contributed by atoms with Crippen LogP contribution in [-0.4, -0.2) is 11.1 Å². The molecular formula is C9H12N2O. The lowest BCUT2D eigenvalue weighted by Crippen LogP contribution is -1.99. The van der Waals surface area contributed by atoms with Gasteiger partial charge in [0.25, 0.3) is 0 Å². The lowest BCUT2D eigenvalue weighted by atomic mass is 10.3. The van der Waals surface area contributed by atoms with Gasteiger partial charge in [0.1, 0.15) is 11.6 Å². The largest absolute Gasteiger partial charge is 0.489 e. The van der Waals surface area contributed by atoms with E-state index >= 15 is 0 Å². The van der Waals surface area contributed by atoms with Crippen LogP contribution < -0.4 is 10.5 Å². The van der Waals surface area contributed by atoms with E-state index in [1.807, 2.05) is 13.0 Å². The van der Waals surface area contributed by atoms with Crippen LogP contribution in [0.1, 0.15) is 18.4 Å². The summed E-state index contributed by atoms with van der Waals surface area (Å²) < 4.78 is 5.54. The first-order valence-electron chi connectivity index (χ1n) is 4.14. The number of nitrogens with zero attached hydrogens (tertiary/aromatic N) is 1. The van der Waals surface area contributed by atoms with Crippen molar-refractivity contribution in [3.05, 3.63) is 17.8 Å². The van der Waals surface area contributed by atoms with Crippen molar-refractivity contribution in [2.75, 3.05) is 5.73 Å². The normalized spacial score (nSPS) is 16.1. The van der Waals surface area contributed by atoms with E-state index in [-0.39, 0.29) is 0 Å². The fourth-order valence-electron chi connectivity index (χ4n) is 1.00. The van der Waals surface area contributed by atoms with Gasteiger partial charge in [0.15, 0.2) is 0 Å². The van der Waals surface area contributed by atoms with E-state index in [9.17, 15) is 0 Å². The third-order valence-electron chi connectivity index (χ3n) is 1.92. The van der Waals surface area contributed by atoms with E-state index in [2.05, 4.69) is 4.98 Å². The highest BCUT2D eigenvalue weighted by atomic mass is 16.5. The van der Waals surface area contributed by atoms with Crippen molar-refractivity contribution < 1.29 is 4.74 Å². The lowest BCUT2D eigenvalue weighted by Gasteiger charge is -2.05. The molecule has 1 aliphatic carbocycles. The Bertz CT molecular complexity index is 295. The van der Waals surface area contributed by atoms with Crippen molar-refractivity contribution in [1.29, 1.82) is 0 Å². The van der Waals surface area contributed by atoms with E-state index in [1.54, 1.807) is 6.20 Å². The zero-order chi connectivity index (χ0) is 8.55. The zero-order valence-corrected chi connectivity index (χ0v) is 7.08. The Morgan fingerprint density at radius 3 is 2.92 bits per heavy atom. The molecule has 0 saturated heterocycles. The summed E-state index contributed by atoms with van der Waals surface area (Å²) in [7, 11) is 0. The molecule has 1 fully saturated rings. The van der Waals surface area contributed by atoms with Gasteiger partial charge in [-0.15, -0.1) is 0 Å². The summed E-state index contributed by atoms with van der Waals surface area (Å²) in [5.41, 5.74) is 6.55. The summed E-state index contributed by atoms with van der Waals surface area (Å²) in [5.74, 6) is 1.42. The van der Waals surface area contributed by atoms with Gasteiger partial charge in [-0.3, -0.25) is 0 Å². The number of hydrogen-bond donors (Lipinski definition) is 1. The van der Waals surface area contributed by atoms with Gasteiger partial charge in [0, 0.05) is 0 Å². The second kappa shape index (κ2) is 2.66. The molecule has 1 saturated carbocycles. The lowest BCUT2D eigenvalue weighted by molar-refractivity contribution is 0.302. The maximum absolute atomic E-state index is 5.57. The summed E-state index contributed by atoms with van der Waals surface area (Å²) in [6.07, 6.45) is 4.45. The molecular weight excluding hydrogens is 152 g/mol. The standard InChI is InChI=1S/C9H12N2O/c1-6-4-8(5-11-9(6)10)12-7-2-3-7/h4-5,7H,2-3H2,1H3,(H2,10,11). The smallest absolute Gasteiger partial charge is 0.138 e. The molecule has 0 radical (unpaired) electrons. The molecule has 0 aliphatic heterocycles. The van der Waals surface area contributed by atoms with Crippen LogP contribution in [-0.2, 0) is 0 Å². The van der Waals surface area contributed by atoms with Crippen LogP contribution in [0, 0.1) is 6.92 Å².